The molecular formula is C8H10N4O5. The number of carbonyl (C=O) groups excluding carboxylic acids is 1. The van der Waals surface area contributed by atoms with Crippen molar-refractivity contribution in [2.45, 2.75) is 6.92 Å². The van der Waals surface area contributed by atoms with E-state index in [9.17, 15) is 25.0 Å². The van der Waals surface area contributed by atoms with E-state index in [1.807, 2.05) is 0 Å². The number of hydrogen-bond acceptors (Lipinski definition) is 6. The summed E-state index contributed by atoms with van der Waals surface area (Å²) in [5.41, 5.74) is 8.22. The minimum Gasteiger partial charge on any atom is -0.393 e. The third-order valence-corrected chi connectivity index (χ3v) is 1.43. The van der Waals surface area contributed by atoms with Crippen molar-refractivity contribution in [1.29, 1.82) is 0 Å². The summed E-state index contributed by atoms with van der Waals surface area (Å²) in [6.07, 6.45) is 0. The topological polar surface area (TPSA) is 155 Å². The second kappa shape index (κ2) is 6.00. The van der Waals surface area contributed by atoms with Crippen LogP contribution in [0.15, 0.2) is 18.2 Å². The van der Waals surface area contributed by atoms with Crippen LogP contribution in [0.4, 0.5) is 17.1 Å². The lowest BCUT2D eigenvalue weighted by molar-refractivity contribution is -0.421. The molecule has 0 fully saturated rings. The van der Waals surface area contributed by atoms with Gasteiger partial charge in [0.1, 0.15) is 5.69 Å². The second-order valence-electron chi connectivity index (χ2n) is 2.84. The Balaban J connectivity index is 0.000000557. The Hall–Kier alpha value is -2.71. The van der Waals surface area contributed by atoms with Crippen LogP contribution in [0.25, 0.3) is 0 Å². The number of nitro groups is 2. The van der Waals surface area contributed by atoms with Crippen molar-refractivity contribution in [3.05, 3.63) is 38.4 Å². The highest BCUT2D eigenvalue weighted by Gasteiger charge is 2.26. The first-order valence-electron chi connectivity index (χ1n) is 4.20. The van der Waals surface area contributed by atoms with Gasteiger partial charge in [0.15, 0.2) is 0 Å². The largest absolute Gasteiger partial charge is 0.393 e. The standard InChI is InChI=1S/C6H5N3O4.C2H5NO/c7-4-2-1-3-5(8(10)11)6(4)9(12)13;1-2(3)4/h1-3H,7H2;1H3,(H2,3,4). The summed E-state index contributed by atoms with van der Waals surface area (Å²) >= 11 is 0. The Bertz CT molecular complexity index is 455. The molecule has 9 heteroatoms. The summed E-state index contributed by atoms with van der Waals surface area (Å²) in [6.45, 7) is 1.31. The third-order valence-electron chi connectivity index (χ3n) is 1.43. The van der Waals surface area contributed by atoms with Crippen LogP contribution >= 0.6 is 0 Å². The minimum absolute atomic E-state index is 0.209. The number of anilines is 1. The lowest BCUT2D eigenvalue weighted by Gasteiger charge is -1.96. The van der Waals surface area contributed by atoms with Crippen LogP contribution in [0.5, 0.6) is 0 Å². The minimum atomic E-state index is -0.868. The number of nitrogens with two attached hydrogens (primary N) is 2. The van der Waals surface area contributed by atoms with E-state index in [1.54, 1.807) is 0 Å². The Morgan fingerprint density at radius 1 is 1.24 bits per heavy atom. The van der Waals surface area contributed by atoms with Crippen molar-refractivity contribution >= 4 is 23.0 Å². The van der Waals surface area contributed by atoms with Gasteiger partial charge in [-0.3, -0.25) is 25.0 Å². The van der Waals surface area contributed by atoms with Crippen LogP contribution in [0.1, 0.15) is 6.92 Å². The van der Waals surface area contributed by atoms with Crippen LogP contribution in [-0.2, 0) is 4.79 Å². The fourth-order valence-corrected chi connectivity index (χ4v) is 0.895. The Morgan fingerprint density at radius 2 is 1.71 bits per heavy atom. The van der Waals surface area contributed by atoms with Crippen molar-refractivity contribution in [3.63, 3.8) is 0 Å². The number of rotatable bonds is 2. The number of nitro benzene ring substituents is 2. The predicted octanol–water partition coefficient (Wildman–Crippen LogP) is 0.577. The summed E-state index contributed by atoms with van der Waals surface area (Å²) in [4.78, 5) is 28.2. The maximum Gasteiger partial charge on any atom is 0.368 e. The number of amides is 1. The highest BCUT2D eigenvalue weighted by molar-refractivity contribution is 5.70. The molecule has 0 heterocycles. The number of carbonyl (C=O) groups is 1. The van der Waals surface area contributed by atoms with Gasteiger partial charge in [0, 0.05) is 13.0 Å². The highest BCUT2D eigenvalue weighted by Crippen LogP contribution is 2.31. The van der Waals surface area contributed by atoms with Crippen LogP contribution in [0, 0.1) is 20.2 Å². The first kappa shape index (κ1) is 14.3. The number of hydrogen-bond donors (Lipinski definition) is 2. The van der Waals surface area contributed by atoms with Crippen LogP contribution in [-0.4, -0.2) is 15.8 Å². The van der Waals surface area contributed by atoms with Gasteiger partial charge in [-0.1, -0.05) is 6.07 Å². The van der Waals surface area contributed by atoms with Crippen molar-refractivity contribution in [1.82, 2.24) is 0 Å². The fraction of sp³-hybridized carbons (Fsp3) is 0.125. The Labute approximate surface area is 95.3 Å². The van der Waals surface area contributed by atoms with Gasteiger partial charge < -0.3 is 11.5 Å². The molecule has 1 amide bonds. The quantitative estimate of drug-likeness (QED) is 0.438. The number of primary amides is 1. The Morgan fingerprint density at radius 3 is 2.00 bits per heavy atom. The third kappa shape index (κ3) is 4.55. The molecule has 1 rings (SSSR count). The van der Waals surface area contributed by atoms with Gasteiger partial charge in [0.05, 0.1) is 9.85 Å². The predicted molar refractivity (Wildman–Crippen MR) is 59.0 cm³/mol. The molecule has 4 N–H and O–H groups in total. The van der Waals surface area contributed by atoms with Crippen molar-refractivity contribution in [2.24, 2.45) is 5.73 Å². The highest BCUT2D eigenvalue weighted by atomic mass is 16.6. The molecule has 92 valence electrons. The molecule has 0 aliphatic rings. The summed E-state index contributed by atoms with van der Waals surface area (Å²) in [6, 6.07) is 3.57. The first-order chi connectivity index (χ1) is 7.77. The molecule has 0 unspecified atom stereocenters. The Kier molecular flexibility index (Phi) is 5.04. The van der Waals surface area contributed by atoms with E-state index < -0.39 is 21.2 Å². The van der Waals surface area contributed by atoms with Crippen molar-refractivity contribution in [2.75, 3.05) is 5.73 Å². The first-order valence-corrected chi connectivity index (χ1v) is 4.20. The molecule has 17 heavy (non-hydrogen) atoms. The van der Waals surface area contributed by atoms with Gasteiger partial charge in [-0.15, -0.1) is 0 Å². The van der Waals surface area contributed by atoms with Gasteiger partial charge in [-0.05, 0) is 6.07 Å². The molecule has 1 aromatic carbocycles. The maximum atomic E-state index is 10.4. The molecular weight excluding hydrogens is 232 g/mol. The van der Waals surface area contributed by atoms with E-state index in [2.05, 4.69) is 5.73 Å². The van der Waals surface area contributed by atoms with Gasteiger partial charge in [0.25, 0.3) is 0 Å². The lowest BCUT2D eigenvalue weighted by atomic mass is 10.2. The smallest absolute Gasteiger partial charge is 0.368 e. The van der Waals surface area contributed by atoms with Gasteiger partial charge in [-0.25, -0.2) is 0 Å². The van der Waals surface area contributed by atoms with E-state index in [0.717, 1.165) is 6.07 Å². The zero-order valence-electron chi connectivity index (χ0n) is 8.82. The monoisotopic (exact) mass is 242 g/mol. The molecule has 1 aromatic rings. The van der Waals surface area contributed by atoms with E-state index in [0.29, 0.717) is 0 Å². The summed E-state index contributed by atoms with van der Waals surface area (Å²) in [5, 5.41) is 20.7. The molecule has 0 aliphatic carbocycles. The molecule has 0 bridgehead atoms. The van der Waals surface area contributed by atoms with Gasteiger partial charge in [-0.2, -0.15) is 0 Å². The summed E-state index contributed by atoms with van der Waals surface area (Å²) in [5.74, 6) is -0.333. The summed E-state index contributed by atoms with van der Waals surface area (Å²) < 4.78 is 0. The van der Waals surface area contributed by atoms with Crippen molar-refractivity contribution in [3.8, 4) is 0 Å². The number of benzene rings is 1. The van der Waals surface area contributed by atoms with E-state index in [-0.39, 0.29) is 11.6 Å². The molecule has 0 aromatic heterocycles. The lowest BCUT2D eigenvalue weighted by Crippen LogP contribution is -2.01. The molecule has 0 atom stereocenters. The van der Waals surface area contributed by atoms with Crippen molar-refractivity contribution < 1.29 is 14.6 Å². The molecule has 0 spiro atoms. The van der Waals surface area contributed by atoms with E-state index in [1.165, 1.54) is 19.1 Å². The van der Waals surface area contributed by atoms with Crippen LogP contribution in [0.2, 0.25) is 0 Å². The number of nitrogen functional groups attached to an aromatic ring is 1. The zero-order valence-corrected chi connectivity index (χ0v) is 8.82. The average molecular weight is 242 g/mol. The molecule has 9 nitrogen and oxygen atoms in total. The van der Waals surface area contributed by atoms with E-state index >= 15 is 0 Å². The maximum absolute atomic E-state index is 10.4. The molecule has 0 aliphatic heterocycles. The zero-order chi connectivity index (χ0) is 13.6. The molecule has 0 saturated carbocycles. The van der Waals surface area contributed by atoms with Crippen LogP contribution in [0.3, 0.4) is 0 Å². The number of para-hydroxylation sites is 1. The molecule has 0 radical (unpaired) electrons. The SMILES string of the molecule is CC(N)=O.Nc1cccc([N+](=O)[O-])c1[N+](=O)[O-]. The van der Waals surface area contributed by atoms with E-state index in [4.69, 9.17) is 5.73 Å². The average Bonchev–Trinajstić information content (AvgIpc) is 2.15. The molecule has 0 saturated heterocycles. The van der Waals surface area contributed by atoms with Crippen LogP contribution < -0.4 is 11.5 Å². The summed E-state index contributed by atoms with van der Waals surface area (Å²) in [7, 11) is 0. The van der Waals surface area contributed by atoms with Gasteiger partial charge in [0.2, 0.25) is 5.91 Å². The van der Waals surface area contributed by atoms with Gasteiger partial charge >= 0.3 is 11.4 Å². The fourth-order valence-electron chi connectivity index (χ4n) is 0.895. The normalized spacial score (nSPS) is 8.76. The number of nitrogens with zero attached hydrogens (tertiary/aromatic N) is 2. The second-order valence-corrected chi connectivity index (χ2v) is 2.84.